The zero-order valence-corrected chi connectivity index (χ0v) is 12.7. The first-order valence-corrected chi connectivity index (χ1v) is 8.25. The molecule has 2 unspecified atom stereocenters. The summed E-state index contributed by atoms with van der Waals surface area (Å²) in [4.78, 5) is 0.301. The molecule has 4 nitrogen and oxygen atoms in total. The van der Waals surface area contributed by atoms with E-state index in [4.69, 9.17) is 11.6 Å². The lowest BCUT2D eigenvalue weighted by molar-refractivity contribution is 0.327. The van der Waals surface area contributed by atoms with Crippen molar-refractivity contribution in [1.82, 2.24) is 10.0 Å². The summed E-state index contributed by atoms with van der Waals surface area (Å²) < 4.78 is 27.6. The Morgan fingerprint density at radius 3 is 2.79 bits per heavy atom. The van der Waals surface area contributed by atoms with E-state index in [9.17, 15) is 8.42 Å². The molecule has 0 amide bonds. The van der Waals surface area contributed by atoms with Gasteiger partial charge in [-0.2, -0.15) is 0 Å². The SMILES string of the molecule is Cc1cc(Cl)ccc1S(=O)(=O)NC1CNCCC1C. The minimum Gasteiger partial charge on any atom is -0.315 e. The van der Waals surface area contributed by atoms with E-state index in [0.29, 0.717) is 27.9 Å². The van der Waals surface area contributed by atoms with Crippen molar-refractivity contribution in [3.05, 3.63) is 28.8 Å². The van der Waals surface area contributed by atoms with Crippen LogP contribution in [0.3, 0.4) is 0 Å². The van der Waals surface area contributed by atoms with Crippen LogP contribution in [0.15, 0.2) is 23.1 Å². The van der Waals surface area contributed by atoms with Crippen LogP contribution < -0.4 is 10.0 Å². The Labute approximate surface area is 119 Å². The van der Waals surface area contributed by atoms with Crippen LogP contribution in [-0.4, -0.2) is 27.5 Å². The molecule has 1 aromatic carbocycles. The molecule has 0 aliphatic carbocycles. The van der Waals surface area contributed by atoms with E-state index in [1.807, 2.05) is 0 Å². The molecule has 0 aromatic heterocycles. The van der Waals surface area contributed by atoms with Crippen LogP contribution >= 0.6 is 11.6 Å². The van der Waals surface area contributed by atoms with Gasteiger partial charge in [-0.3, -0.25) is 0 Å². The molecule has 2 N–H and O–H groups in total. The summed E-state index contributed by atoms with van der Waals surface area (Å²) in [6, 6.07) is 4.76. The molecule has 1 aliphatic rings. The molecular formula is C13H19ClN2O2S. The summed E-state index contributed by atoms with van der Waals surface area (Å²) in [6.45, 7) is 5.44. The molecule has 0 spiro atoms. The third-order valence-corrected chi connectivity index (χ3v) is 5.45. The first kappa shape index (κ1) is 14.8. The number of halogens is 1. The largest absolute Gasteiger partial charge is 0.315 e. The normalized spacial score (nSPS) is 24.4. The zero-order chi connectivity index (χ0) is 14.0. The van der Waals surface area contributed by atoms with Gasteiger partial charge in [0.05, 0.1) is 4.90 Å². The number of piperidine rings is 1. The topological polar surface area (TPSA) is 58.2 Å². The number of hydrogen-bond donors (Lipinski definition) is 2. The summed E-state index contributed by atoms with van der Waals surface area (Å²) in [5.74, 6) is 0.337. The number of rotatable bonds is 3. The van der Waals surface area contributed by atoms with Crippen LogP contribution in [-0.2, 0) is 10.0 Å². The van der Waals surface area contributed by atoms with E-state index in [-0.39, 0.29) is 6.04 Å². The van der Waals surface area contributed by atoms with Gasteiger partial charge in [0, 0.05) is 17.6 Å². The highest BCUT2D eigenvalue weighted by atomic mass is 35.5. The van der Waals surface area contributed by atoms with Gasteiger partial charge in [-0.1, -0.05) is 18.5 Å². The lowest BCUT2D eigenvalue weighted by Gasteiger charge is -2.30. The summed E-state index contributed by atoms with van der Waals surface area (Å²) in [5.41, 5.74) is 0.663. The lowest BCUT2D eigenvalue weighted by atomic mass is 9.96. The second-order valence-corrected chi connectivity index (χ2v) is 7.23. The van der Waals surface area contributed by atoms with E-state index >= 15 is 0 Å². The Kier molecular flexibility index (Phi) is 4.50. The number of sulfonamides is 1. The minimum absolute atomic E-state index is 0.0613. The molecule has 0 radical (unpaired) electrons. The van der Waals surface area contributed by atoms with Gasteiger partial charge in [-0.25, -0.2) is 13.1 Å². The van der Waals surface area contributed by atoms with Gasteiger partial charge in [0.2, 0.25) is 10.0 Å². The Morgan fingerprint density at radius 1 is 1.42 bits per heavy atom. The van der Waals surface area contributed by atoms with Gasteiger partial charge in [-0.15, -0.1) is 0 Å². The van der Waals surface area contributed by atoms with Gasteiger partial charge in [0.25, 0.3) is 0 Å². The monoisotopic (exact) mass is 302 g/mol. The van der Waals surface area contributed by atoms with E-state index in [0.717, 1.165) is 13.0 Å². The number of aryl methyl sites for hydroxylation is 1. The minimum atomic E-state index is -3.49. The number of nitrogens with one attached hydrogen (secondary N) is 2. The van der Waals surface area contributed by atoms with Crippen LogP contribution in [0.4, 0.5) is 0 Å². The molecule has 1 fully saturated rings. The average Bonchev–Trinajstić information content (AvgIpc) is 2.31. The van der Waals surface area contributed by atoms with E-state index in [1.165, 1.54) is 0 Å². The first-order chi connectivity index (χ1) is 8.90. The van der Waals surface area contributed by atoms with Crippen LogP contribution in [0.25, 0.3) is 0 Å². The number of benzene rings is 1. The van der Waals surface area contributed by atoms with Crippen molar-refractivity contribution in [3.63, 3.8) is 0 Å². The maximum Gasteiger partial charge on any atom is 0.241 e. The standard InChI is InChI=1S/C13H19ClN2O2S/c1-9-5-6-15-8-12(9)16-19(17,18)13-4-3-11(14)7-10(13)2/h3-4,7,9,12,15-16H,5-6,8H2,1-2H3. The predicted molar refractivity (Wildman–Crippen MR) is 76.9 cm³/mol. The summed E-state index contributed by atoms with van der Waals surface area (Å²) in [7, 11) is -3.49. The Bertz CT molecular complexity index is 560. The van der Waals surface area contributed by atoms with Crippen molar-refractivity contribution in [2.45, 2.75) is 31.2 Å². The molecule has 2 rings (SSSR count). The van der Waals surface area contributed by atoms with Gasteiger partial charge in [0.15, 0.2) is 0 Å². The molecular weight excluding hydrogens is 284 g/mol. The molecule has 1 heterocycles. The quantitative estimate of drug-likeness (QED) is 0.897. The van der Waals surface area contributed by atoms with Gasteiger partial charge < -0.3 is 5.32 Å². The van der Waals surface area contributed by atoms with Crippen LogP contribution in [0, 0.1) is 12.8 Å². The molecule has 6 heteroatoms. The Morgan fingerprint density at radius 2 is 2.16 bits per heavy atom. The molecule has 1 aliphatic heterocycles. The highest BCUT2D eigenvalue weighted by Gasteiger charge is 2.27. The molecule has 19 heavy (non-hydrogen) atoms. The highest BCUT2D eigenvalue weighted by Crippen LogP contribution is 2.21. The van der Waals surface area contributed by atoms with E-state index in [1.54, 1.807) is 25.1 Å². The van der Waals surface area contributed by atoms with Gasteiger partial charge >= 0.3 is 0 Å². The van der Waals surface area contributed by atoms with Crippen LogP contribution in [0.5, 0.6) is 0 Å². The highest BCUT2D eigenvalue weighted by molar-refractivity contribution is 7.89. The molecule has 0 saturated carbocycles. The smallest absolute Gasteiger partial charge is 0.241 e. The van der Waals surface area contributed by atoms with Crippen molar-refractivity contribution in [3.8, 4) is 0 Å². The molecule has 1 aromatic rings. The van der Waals surface area contributed by atoms with Crippen molar-refractivity contribution in [2.75, 3.05) is 13.1 Å². The van der Waals surface area contributed by atoms with Crippen molar-refractivity contribution in [2.24, 2.45) is 5.92 Å². The molecule has 0 bridgehead atoms. The van der Waals surface area contributed by atoms with Gasteiger partial charge in [0.1, 0.15) is 0 Å². The Balaban J connectivity index is 2.22. The maximum absolute atomic E-state index is 12.4. The fraction of sp³-hybridized carbons (Fsp3) is 0.538. The number of hydrogen-bond acceptors (Lipinski definition) is 3. The zero-order valence-electron chi connectivity index (χ0n) is 11.1. The summed E-state index contributed by atoms with van der Waals surface area (Å²) >= 11 is 5.86. The first-order valence-electron chi connectivity index (χ1n) is 6.39. The second-order valence-electron chi connectivity index (χ2n) is 5.11. The molecule has 2 atom stereocenters. The predicted octanol–water partition coefficient (Wildman–Crippen LogP) is 1.92. The maximum atomic E-state index is 12.4. The van der Waals surface area contributed by atoms with Crippen LogP contribution in [0.1, 0.15) is 18.9 Å². The molecule has 106 valence electrons. The summed E-state index contributed by atoms with van der Waals surface area (Å²) in [6.07, 6.45) is 0.979. The van der Waals surface area contributed by atoms with Crippen LogP contribution in [0.2, 0.25) is 5.02 Å². The van der Waals surface area contributed by atoms with Crippen molar-refractivity contribution in [1.29, 1.82) is 0 Å². The average molecular weight is 303 g/mol. The molecule has 1 saturated heterocycles. The third-order valence-electron chi connectivity index (χ3n) is 3.56. The van der Waals surface area contributed by atoms with E-state index < -0.39 is 10.0 Å². The fourth-order valence-electron chi connectivity index (χ4n) is 2.32. The van der Waals surface area contributed by atoms with Crippen molar-refractivity contribution >= 4 is 21.6 Å². The van der Waals surface area contributed by atoms with Gasteiger partial charge in [-0.05, 0) is 49.6 Å². The third kappa shape index (κ3) is 3.48. The Hall–Kier alpha value is -0.620. The second kappa shape index (κ2) is 5.79. The van der Waals surface area contributed by atoms with Crippen molar-refractivity contribution < 1.29 is 8.42 Å². The lowest BCUT2D eigenvalue weighted by Crippen LogP contribution is -2.50. The van der Waals surface area contributed by atoms with E-state index in [2.05, 4.69) is 17.0 Å². The summed E-state index contributed by atoms with van der Waals surface area (Å²) in [5, 5.41) is 3.76. The fourth-order valence-corrected chi connectivity index (χ4v) is 4.12.